The molecular weight excluding hydrogens is 393 g/mol. The Morgan fingerprint density at radius 2 is 1.87 bits per heavy atom. The number of imidazole rings is 2. The number of hydrogen-bond acceptors (Lipinski definition) is 5. The Labute approximate surface area is 169 Å². The molecule has 0 unspecified atom stereocenters. The first-order valence-electron chi connectivity index (χ1n) is 9.38. The summed E-state index contributed by atoms with van der Waals surface area (Å²) in [6, 6.07) is 6.24. The van der Waals surface area contributed by atoms with E-state index in [1.807, 2.05) is 0 Å². The van der Waals surface area contributed by atoms with Crippen molar-refractivity contribution in [3.8, 4) is 5.69 Å². The minimum atomic E-state index is -0.687. The largest absolute Gasteiger partial charge is 0.465 e. The number of ether oxygens (including phenoxy) is 1. The van der Waals surface area contributed by atoms with Crippen LogP contribution in [0.2, 0.25) is 0 Å². The molecule has 4 rings (SSSR count). The van der Waals surface area contributed by atoms with Gasteiger partial charge in [0.15, 0.2) is 11.2 Å². The monoisotopic (exact) mass is 413 g/mol. The Kier molecular flexibility index (Phi) is 4.56. The van der Waals surface area contributed by atoms with Gasteiger partial charge in [-0.3, -0.25) is 23.1 Å². The number of hydrogen-bond donors (Lipinski definition) is 0. The lowest BCUT2D eigenvalue weighted by Crippen LogP contribution is -2.41. The first-order valence-corrected chi connectivity index (χ1v) is 9.38. The van der Waals surface area contributed by atoms with E-state index in [4.69, 9.17) is 4.74 Å². The Morgan fingerprint density at radius 1 is 1.17 bits per heavy atom. The molecule has 0 aliphatic heterocycles. The fraction of sp³-hybridized carbons (Fsp3) is 0.300. The molecule has 0 aliphatic carbocycles. The summed E-state index contributed by atoms with van der Waals surface area (Å²) in [6.45, 7) is 4.84. The fourth-order valence-electron chi connectivity index (χ4n) is 3.65. The van der Waals surface area contributed by atoms with Gasteiger partial charge in [-0.2, -0.15) is 4.98 Å². The average molecular weight is 413 g/mol. The number of nitrogens with zero attached hydrogens (tertiary/aromatic N) is 5. The summed E-state index contributed by atoms with van der Waals surface area (Å²) >= 11 is 0. The molecule has 30 heavy (non-hydrogen) atoms. The van der Waals surface area contributed by atoms with Crippen LogP contribution in [0.1, 0.15) is 18.3 Å². The van der Waals surface area contributed by atoms with Gasteiger partial charge >= 0.3 is 11.7 Å². The molecule has 1 aromatic carbocycles. The van der Waals surface area contributed by atoms with E-state index in [0.29, 0.717) is 17.2 Å². The van der Waals surface area contributed by atoms with E-state index in [9.17, 15) is 18.8 Å². The summed E-state index contributed by atoms with van der Waals surface area (Å²) in [5.74, 6) is -0.835. The van der Waals surface area contributed by atoms with Crippen molar-refractivity contribution < 1.29 is 13.9 Å². The lowest BCUT2D eigenvalue weighted by molar-refractivity contribution is -0.143. The zero-order valence-corrected chi connectivity index (χ0v) is 17.0. The number of carbonyl (C=O) groups excluding carboxylic acids is 1. The topological polar surface area (TPSA) is 92.5 Å². The third-order valence-electron chi connectivity index (χ3n) is 5.20. The quantitative estimate of drug-likeness (QED) is 0.472. The van der Waals surface area contributed by atoms with Gasteiger partial charge in [-0.1, -0.05) is 12.1 Å². The number of halogens is 1. The molecule has 0 spiro atoms. The average Bonchev–Trinajstić information content (AvgIpc) is 3.21. The van der Waals surface area contributed by atoms with Crippen LogP contribution in [0.25, 0.3) is 22.6 Å². The van der Waals surface area contributed by atoms with Gasteiger partial charge in [-0.15, -0.1) is 0 Å². The summed E-state index contributed by atoms with van der Waals surface area (Å²) < 4.78 is 24.6. The summed E-state index contributed by atoms with van der Waals surface area (Å²) in [5, 5.41) is 0. The zero-order chi connectivity index (χ0) is 21.7. The molecule has 156 valence electrons. The van der Waals surface area contributed by atoms with Crippen molar-refractivity contribution in [1.82, 2.24) is 23.1 Å². The molecule has 0 radical (unpaired) electrons. The first kappa shape index (κ1) is 19.6. The van der Waals surface area contributed by atoms with Crippen molar-refractivity contribution in [3.05, 3.63) is 62.3 Å². The molecule has 10 heteroatoms. The van der Waals surface area contributed by atoms with Gasteiger partial charge in [0.2, 0.25) is 5.78 Å². The molecule has 0 bridgehead atoms. The van der Waals surface area contributed by atoms with Gasteiger partial charge in [0.1, 0.15) is 12.4 Å². The molecule has 3 heterocycles. The van der Waals surface area contributed by atoms with Crippen LogP contribution in [0.5, 0.6) is 0 Å². The predicted octanol–water partition coefficient (Wildman–Crippen LogP) is 1.46. The lowest BCUT2D eigenvalue weighted by Gasteiger charge is -2.08. The fourth-order valence-corrected chi connectivity index (χ4v) is 3.65. The highest BCUT2D eigenvalue weighted by Gasteiger charge is 2.24. The normalized spacial score (nSPS) is 11.5. The number of esters is 1. The smallest absolute Gasteiger partial charge is 0.333 e. The van der Waals surface area contributed by atoms with E-state index in [1.165, 1.54) is 17.7 Å². The van der Waals surface area contributed by atoms with Crippen LogP contribution in [-0.2, 0) is 23.1 Å². The van der Waals surface area contributed by atoms with E-state index in [-0.39, 0.29) is 23.5 Å². The molecule has 3 aromatic heterocycles. The van der Waals surface area contributed by atoms with Crippen molar-refractivity contribution in [3.63, 3.8) is 0 Å². The van der Waals surface area contributed by atoms with Crippen molar-refractivity contribution in [2.75, 3.05) is 6.61 Å². The maximum absolute atomic E-state index is 14.5. The minimum Gasteiger partial charge on any atom is -0.465 e. The van der Waals surface area contributed by atoms with Gasteiger partial charge < -0.3 is 4.74 Å². The van der Waals surface area contributed by atoms with E-state index in [2.05, 4.69) is 4.98 Å². The molecule has 0 aliphatic rings. The second kappa shape index (κ2) is 6.97. The number of aromatic nitrogens is 5. The van der Waals surface area contributed by atoms with Crippen molar-refractivity contribution in [2.45, 2.75) is 27.3 Å². The predicted molar refractivity (Wildman–Crippen MR) is 108 cm³/mol. The second-order valence-corrected chi connectivity index (χ2v) is 6.91. The van der Waals surface area contributed by atoms with Gasteiger partial charge in [-0.05, 0) is 32.9 Å². The number of para-hydroxylation sites is 1. The molecule has 0 fully saturated rings. The Balaban J connectivity index is 2.11. The third-order valence-corrected chi connectivity index (χ3v) is 5.20. The van der Waals surface area contributed by atoms with Gasteiger partial charge in [-0.25, -0.2) is 13.8 Å². The van der Waals surface area contributed by atoms with E-state index in [0.717, 1.165) is 4.57 Å². The molecule has 0 amide bonds. The highest BCUT2D eigenvalue weighted by atomic mass is 19.1. The van der Waals surface area contributed by atoms with Gasteiger partial charge in [0.25, 0.3) is 5.56 Å². The molecule has 4 aromatic rings. The zero-order valence-electron chi connectivity index (χ0n) is 17.0. The SMILES string of the molecule is CCOC(=O)Cn1c(=O)c2c(nc3n(-c4ccccc4F)c(C)c(C)n23)n(C)c1=O. The Bertz CT molecular complexity index is 1440. The van der Waals surface area contributed by atoms with E-state index in [1.54, 1.807) is 47.9 Å². The second-order valence-electron chi connectivity index (χ2n) is 6.91. The summed E-state index contributed by atoms with van der Waals surface area (Å²) in [6.07, 6.45) is 0. The summed E-state index contributed by atoms with van der Waals surface area (Å²) in [7, 11) is 1.47. The number of carbonyl (C=O) groups is 1. The number of rotatable bonds is 4. The minimum absolute atomic E-state index is 0.132. The van der Waals surface area contributed by atoms with Crippen LogP contribution in [-0.4, -0.2) is 35.7 Å². The van der Waals surface area contributed by atoms with Crippen molar-refractivity contribution in [1.29, 1.82) is 0 Å². The summed E-state index contributed by atoms with van der Waals surface area (Å²) in [5.41, 5.74) is 0.556. The molecule has 0 N–H and O–H groups in total. The highest BCUT2D eigenvalue weighted by Crippen LogP contribution is 2.25. The van der Waals surface area contributed by atoms with E-state index < -0.39 is 29.6 Å². The molecule has 0 saturated heterocycles. The van der Waals surface area contributed by atoms with Crippen LogP contribution in [0, 0.1) is 19.7 Å². The summed E-state index contributed by atoms with van der Waals surface area (Å²) in [4.78, 5) is 42.3. The molecular formula is C20H20FN5O4. The van der Waals surface area contributed by atoms with Crippen molar-refractivity contribution in [2.24, 2.45) is 7.05 Å². The van der Waals surface area contributed by atoms with Crippen LogP contribution >= 0.6 is 0 Å². The Hall–Kier alpha value is -3.69. The third kappa shape index (κ3) is 2.67. The van der Waals surface area contributed by atoms with Gasteiger partial charge in [0, 0.05) is 18.4 Å². The maximum atomic E-state index is 14.5. The highest BCUT2D eigenvalue weighted by molar-refractivity contribution is 5.78. The molecule has 0 atom stereocenters. The van der Waals surface area contributed by atoms with Crippen LogP contribution in [0.15, 0.2) is 33.9 Å². The van der Waals surface area contributed by atoms with Crippen molar-refractivity contribution >= 4 is 22.9 Å². The Morgan fingerprint density at radius 3 is 2.53 bits per heavy atom. The van der Waals surface area contributed by atoms with Crippen LogP contribution < -0.4 is 11.2 Å². The number of benzene rings is 1. The van der Waals surface area contributed by atoms with E-state index >= 15 is 0 Å². The number of aryl methyl sites for hydroxylation is 2. The van der Waals surface area contributed by atoms with Gasteiger partial charge in [0.05, 0.1) is 12.3 Å². The molecule has 0 saturated carbocycles. The maximum Gasteiger partial charge on any atom is 0.333 e. The first-order chi connectivity index (χ1) is 14.3. The number of fused-ring (bicyclic) bond motifs is 3. The lowest BCUT2D eigenvalue weighted by atomic mass is 10.3. The van der Waals surface area contributed by atoms with Crippen LogP contribution in [0.4, 0.5) is 4.39 Å². The standard InChI is InChI=1S/C20H20FN5O4/c1-5-30-15(27)10-24-18(28)16-17(23(4)20(24)29)22-19-25(11(2)12(3)26(16)19)14-9-7-6-8-13(14)21/h6-9H,5,10H2,1-4H3. The molecule has 9 nitrogen and oxygen atoms in total. The van der Waals surface area contributed by atoms with Crippen LogP contribution in [0.3, 0.4) is 0 Å².